The van der Waals surface area contributed by atoms with Crippen molar-refractivity contribution in [2.75, 3.05) is 5.73 Å². The molecule has 0 saturated carbocycles. The van der Waals surface area contributed by atoms with E-state index in [-0.39, 0.29) is 18.8 Å². The fourth-order valence-corrected chi connectivity index (χ4v) is 1.86. The summed E-state index contributed by atoms with van der Waals surface area (Å²) < 4.78 is 0. The van der Waals surface area contributed by atoms with Gasteiger partial charge in [0, 0.05) is 12.1 Å². The molecular formula is C13H14ClNO2. The van der Waals surface area contributed by atoms with Gasteiger partial charge in [-0.2, -0.15) is 0 Å². The number of fused-ring (bicyclic) bond motifs is 1. The molecule has 0 amide bonds. The molecule has 2 aromatic carbocycles. The summed E-state index contributed by atoms with van der Waals surface area (Å²) in [7, 11) is 0. The molecule has 0 unspecified atom stereocenters. The van der Waals surface area contributed by atoms with E-state index in [0.717, 1.165) is 16.3 Å². The fourth-order valence-electron chi connectivity index (χ4n) is 1.86. The summed E-state index contributed by atoms with van der Waals surface area (Å²) in [5, 5.41) is 10.8. The molecule has 2 rings (SSSR count). The van der Waals surface area contributed by atoms with Gasteiger partial charge in [0.1, 0.15) is 0 Å². The van der Waals surface area contributed by atoms with Crippen LogP contribution >= 0.6 is 12.4 Å². The number of carboxylic acids is 1. The van der Waals surface area contributed by atoms with Crippen molar-refractivity contribution in [3.05, 3.63) is 42.0 Å². The van der Waals surface area contributed by atoms with Crippen LogP contribution in [0.2, 0.25) is 0 Å². The molecule has 0 radical (unpaired) electrons. The van der Waals surface area contributed by atoms with E-state index in [1.54, 1.807) is 0 Å². The zero-order valence-corrected chi connectivity index (χ0v) is 10.0. The summed E-state index contributed by atoms with van der Waals surface area (Å²) in [6.45, 7) is 0. The predicted octanol–water partition coefficient (Wildman–Crippen LogP) is 2.86. The Morgan fingerprint density at radius 1 is 1.18 bits per heavy atom. The van der Waals surface area contributed by atoms with Crippen LogP contribution < -0.4 is 5.73 Å². The van der Waals surface area contributed by atoms with E-state index >= 15 is 0 Å². The maximum Gasteiger partial charge on any atom is 0.303 e. The summed E-state index contributed by atoms with van der Waals surface area (Å²) in [6.07, 6.45) is 0.584. The quantitative estimate of drug-likeness (QED) is 0.825. The second-order valence-electron chi connectivity index (χ2n) is 3.75. The summed E-state index contributed by atoms with van der Waals surface area (Å²) in [5.41, 5.74) is 7.48. The van der Waals surface area contributed by atoms with Crippen molar-refractivity contribution in [2.45, 2.75) is 12.8 Å². The smallest absolute Gasteiger partial charge is 0.303 e. The van der Waals surface area contributed by atoms with Crippen molar-refractivity contribution in [1.82, 2.24) is 0 Å². The Balaban J connectivity index is 0.00000144. The highest BCUT2D eigenvalue weighted by Gasteiger charge is 2.07. The lowest BCUT2D eigenvalue weighted by Gasteiger charge is -2.08. The first kappa shape index (κ1) is 13.3. The van der Waals surface area contributed by atoms with Gasteiger partial charge in [0.15, 0.2) is 0 Å². The summed E-state index contributed by atoms with van der Waals surface area (Å²) in [5.74, 6) is -0.799. The topological polar surface area (TPSA) is 63.3 Å². The number of anilines is 1. The highest BCUT2D eigenvalue weighted by atomic mass is 35.5. The van der Waals surface area contributed by atoms with E-state index < -0.39 is 5.97 Å². The van der Waals surface area contributed by atoms with Gasteiger partial charge >= 0.3 is 5.97 Å². The number of aliphatic carboxylic acids is 1. The molecule has 0 spiro atoms. The first-order chi connectivity index (χ1) is 7.68. The van der Waals surface area contributed by atoms with E-state index in [4.69, 9.17) is 10.8 Å². The number of halogens is 1. The van der Waals surface area contributed by atoms with Crippen molar-refractivity contribution in [2.24, 2.45) is 0 Å². The van der Waals surface area contributed by atoms with Gasteiger partial charge in [0.2, 0.25) is 0 Å². The number of nitrogens with two attached hydrogens (primary N) is 1. The number of benzene rings is 2. The van der Waals surface area contributed by atoms with Crippen LogP contribution in [0.5, 0.6) is 0 Å². The van der Waals surface area contributed by atoms with Crippen LogP contribution in [0.1, 0.15) is 12.0 Å². The lowest BCUT2D eigenvalue weighted by atomic mass is 9.99. The number of nitrogen functional groups attached to an aromatic ring is 1. The maximum absolute atomic E-state index is 10.6. The highest BCUT2D eigenvalue weighted by molar-refractivity contribution is 5.90. The zero-order chi connectivity index (χ0) is 11.5. The Bertz CT molecular complexity index is 540. The summed E-state index contributed by atoms with van der Waals surface area (Å²) in [4.78, 5) is 10.6. The van der Waals surface area contributed by atoms with Crippen molar-refractivity contribution >= 4 is 34.8 Å². The summed E-state index contributed by atoms with van der Waals surface area (Å²) >= 11 is 0. The molecule has 0 atom stereocenters. The van der Waals surface area contributed by atoms with Gasteiger partial charge < -0.3 is 10.8 Å². The van der Waals surface area contributed by atoms with Crippen molar-refractivity contribution in [3.63, 3.8) is 0 Å². The van der Waals surface area contributed by atoms with Crippen molar-refractivity contribution in [3.8, 4) is 0 Å². The fraction of sp³-hybridized carbons (Fsp3) is 0.154. The average Bonchev–Trinajstić information content (AvgIpc) is 2.27. The molecule has 17 heavy (non-hydrogen) atoms. The molecule has 3 N–H and O–H groups in total. The first-order valence-corrected chi connectivity index (χ1v) is 5.16. The van der Waals surface area contributed by atoms with Crippen LogP contribution in [-0.2, 0) is 11.2 Å². The number of hydrogen-bond donors (Lipinski definition) is 2. The molecule has 0 heterocycles. The minimum atomic E-state index is -0.799. The molecular weight excluding hydrogens is 238 g/mol. The largest absolute Gasteiger partial charge is 0.481 e. The van der Waals surface area contributed by atoms with Crippen LogP contribution in [0.4, 0.5) is 5.69 Å². The second-order valence-corrected chi connectivity index (χ2v) is 3.75. The third-order valence-electron chi connectivity index (χ3n) is 2.67. The molecule has 0 saturated heterocycles. The molecule has 90 valence electrons. The molecule has 0 aliphatic heterocycles. The van der Waals surface area contributed by atoms with Crippen LogP contribution in [0.15, 0.2) is 36.4 Å². The van der Waals surface area contributed by atoms with Crippen LogP contribution in [0.25, 0.3) is 10.8 Å². The van der Waals surface area contributed by atoms with Gasteiger partial charge in [0.05, 0.1) is 0 Å². The molecule has 2 aromatic rings. The molecule has 3 nitrogen and oxygen atoms in total. The van der Waals surface area contributed by atoms with Gasteiger partial charge in [-0.25, -0.2) is 0 Å². The van der Waals surface area contributed by atoms with Crippen LogP contribution in [0.3, 0.4) is 0 Å². The number of aryl methyl sites for hydroxylation is 1. The van der Waals surface area contributed by atoms with Gasteiger partial charge in [-0.15, -0.1) is 12.4 Å². The molecule has 0 aromatic heterocycles. The highest BCUT2D eigenvalue weighted by Crippen LogP contribution is 2.25. The molecule has 0 aliphatic rings. The second kappa shape index (κ2) is 5.55. The third-order valence-corrected chi connectivity index (χ3v) is 2.67. The third kappa shape index (κ3) is 2.88. The minimum absolute atomic E-state index is 0. The van der Waals surface area contributed by atoms with Crippen LogP contribution in [0, 0.1) is 0 Å². The van der Waals surface area contributed by atoms with E-state index in [2.05, 4.69) is 0 Å². The lowest BCUT2D eigenvalue weighted by Crippen LogP contribution is -2.01. The monoisotopic (exact) mass is 251 g/mol. The van der Waals surface area contributed by atoms with Gasteiger partial charge in [-0.3, -0.25) is 4.79 Å². The predicted molar refractivity (Wildman–Crippen MR) is 71.6 cm³/mol. The Morgan fingerprint density at radius 2 is 1.88 bits per heavy atom. The lowest BCUT2D eigenvalue weighted by molar-refractivity contribution is -0.136. The number of carbonyl (C=O) groups is 1. The molecule has 0 bridgehead atoms. The van der Waals surface area contributed by atoms with Crippen molar-refractivity contribution < 1.29 is 9.90 Å². The molecule has 0 fully saturated rings. The maximum atomic E-state index is 10.6. The standard InChI is InChI=1S/C13H13NO2.ClH/c14-12-7-5-9-3-1-2-4-10(9)11(12)6-8-13(15)16;/h1-5,7H,6,8,14H2,(H,15,16);1H. The normalized spacial score (nSPS) is 9.88. The number of hydrogen-bond acceptors (Lipinski definition) is 2. The van der Waals surface area contributed by atoms with Gasteiger partial charge in [0.25, 0.3) is 0 Å². The van der Waals surface area contributed by atoms with Crippen LogP contribution in [-0.4, -0.2) is 11.1 Å². The minimum Gasteiger partial charge on any atom is -0.481 e. The summed E-state index contributed by atoms with van der Waals surface area (Å²) in [6, 6.07) is 11.7. The molecule has 4 heteroatoms. The average molecular weight is 252 g/mol. The Kier molecular flexibility index (Phi) is 4.35. The Hall–Kier alpha value is -1.74. The SMILES string of the molecule is Cl.Nc1ccc2ccccc2c1CCC(=O)O. The van der Waals surface area contributed by atoms with E-state index in [1.165, 1.54) is 0 Å². The first-order valence-electron chi connectivity index (χ1n) is 5.16. The Labute approximate surface area is 106 Å². The van der Waals surface area contributed by atoms with E-state index in [9.17, 15) is 4.79 Å². The van der Waals surface area contributed by atoms with E-state index in [1.807, 2.05) is 36.4 Å². The van der Waals surface area contributed by atoms with Crippen molar-refractivity contribution in [1.29, 1.82) is 0 Å². The van der Waals surface area contributed by atoms with E-state index in [0.29, 0.717) is 12.1 Å². The zero-order valence-electron chi connectivity index (χ0n) is 9.22. The van der Waals surface area contributed by atoms with Gasteiger partial charge in [-0.05, 0) is 28.8 Å². The number of carboxylic acid groups (broad SMARTS) is 1. The number of rotatable bonds is 3. The molecule has 0 aliphatic carbocycles. The van der Waals surface area contributed by atoms with Gasteiger partial charge in [-0.1, -0.05) is 30.3 Å². The Morgan fingerprint density at radius 3 is 2.59 bits per heavy atom.